The SMILES string of the molecule is Nc1nc2c(-c3cc4c5c(nc(OC[C@@]67CCCN6C[C@H](F)C7)nc5c3F)N(Cc3cccnc3N)[C@@H]3COC[C@@H]3O4)ccc(F)c2s1. The molecule has 4 aliphatic heterocycles. The highest BCUT2D eigenvalue weighted by Crippen LogP contribution is 2.47. The average molecular weight is 677 g/mol. The molecule has 0 bridgehead atoms. The van der Waals surface area contributed by atoms with Gasteiger partial charge in [0.1, 0.15) is 47.6 Å². The van der Waals surface area contributed by atoms with Crippen LogP contribution in [-0.2, 0) is 11.3 Å². The van der Waals surface area contributed by atoms with Crippen LogP contribution in [0.15, 0.2) is 36.5 Å². The molecule has 0 amide bonds. The van der Waals surface area contributed by atoms with E-state index in [4.69, 9.17) is 30.7 Å². The molecule has 5 aromatic rings. The van der Waals surface area contributed by atoms with E-state index < -0.39 is 29.4 Å². The number of rotatable bonds is 6. The maximum atomic E-state index is 17.1. The summed E-state index contributed by atoms with van der Waals surface area (Å²) in [5.41, 5.74) is 13.2. The molecule has 0 radical (unpaired) electrons. The van der Waals surface area contributed by atoms with E-state index in [-0.39, 0.29) is 58.2 Å². The fourth-order valence-corrected chi connectivity index (χ4v) is 8.60. The van der Waals surface area contributed by atoms with Gasteiger partial charge in [0.05, 0.1) is 40.4 Å². The second kappa shape index (κ2) is 11.0. The van der Waals surface area contributed by atoms with Crippen molar-refractivity contribution in [3.63, 3.8) is 0 Å². The van der Waals surface area contributed by atoms with Crippen molar-refractivity contribution < 1.29 is 27.4 Å². The molecule has 3 aromatic heterocycles. The van der Waals surface area contributed by atoms with Crippen LogP contribution in [0.3, 0.4) is 0 Å². The van der Waals surface area contributed by atoms with Crippen molar-refractivity contribution in [3.8, 4) is 22.9 Å². The van der Waals surface area contributed by atoms with Crippen LogP contribution in [0, 0.1) is 11.6 Å². The second-order valence-electron chi connectivity index (χ2n) is 12.9. The Morgan fingerprint density at radius 1 is 1.08 bits per heavy atom. The third-order valence-corrected chi connectivity index (χ3v) is 11.0. The van der Waals surface area contributed by atoms with Crippen molar-refractivity contribution in [3.05, 3.63) is 53.7 Å². The number of thiazole rings is 1. The number of aromatic nitrogens is 4. The number of benzene rings is 2. The van der Waals surface area contributed by atoms with Gasteiger partial charge in [0.2, 0.25) is 0 Å². The molecule has 15 heteroatoms. The lowest BCUT2D eigenvalue weighted by Gasteiger charge is -2.32. The Morgan fingerprint density at radius 2 is 1.98 bits per heavy atom. The predicted molar refractivity (Wildman–Crippen MR) is 175 cm³/mol. The van der Waals surface area contributed by atoms with Crippen LogP contribution in [0.2, 0.25) is 0 Å². The van der Waals surface area contributed by atoms with Crippen molar-refractivity contribution in [1.82, 2.24) is 24.8 Å². The highest BCUT2D eigenvalue weighted by molar-refractivity contribution is 7.22. The first-order valence-electron chi connectivity index (χ1n) is 15.9. The van der Waals surface area contributed by atoms with Crippen molar-refractivity contribution in [2.24, 2.45) is 0 Å². The van der Waals surface area contributed by atoms with Crippen molar-refractivity contribution in [1.29, 1.82) is 0 Å². The lowest BCUT2D eigenvalue weighted by atomic mass is 9.95. The van der Waals surface area contributed by atoms with Crippen LogP contribution in [0.4, 0.5) is 29.9 Å². The molecule has 48 heavy (non-hydrogen) atoms. The van der Waals surface area contributed by atoms with Crippen LogP contribution in [0.5, 0.6) is 11.8 Å². The molecule has 7 heterocycles. The third kappa shape index (κ3) is 4.62. The van der Waals surface area contributed by atoms with E-state index in [0.717, 1.165) is 36.3 Å². The minimum absolute atomic E-state index is 0.0382. The number of nitrogen functional groups attached to an aromatic ring is 2. The number of alkyl halides is 1. The zero-order valence-corrected chi connectivity index (χ0v) is 26.5. The Morgan fingerprint density at radius 3 is 2.85 bits per heavy atom. The molecule has 4 N–H and O–H groups in total. The maximum Gasteiger partial charge on any atom is 0.319 e. The van der Waals surface area contributed by atoms with E-state index in [1.54, 1.807) is 18.3 Å². The molecule has 2 aromatic carbocycles. The predicted octanol–water partition coefficient (Wildman–Crippen LogP) is 4.87. The third-order valence-electron chi connectivity index (χ3n) is 10.1. The topological polar surface area (TPSA) is 138 Å². The van der Waals surface area contributed by atoms with Gasteiger partial charge in [0, 0.05) is 42.4 Å². The van der Waals surface area contributed by atoms with E-state index in [1.165, 1.54) is 12.1 Å². The van der Waals surface area contributed by atoms with Gasteiger partial charge < -0.3 is 30.6 Å². The smallest absolute Gasteiger partial charge is 0.319 e. The number of fused-ring (bicyclic) bond motifs is 3. The lowest BCUT2D eigenvalue weighted by molar-refractivity contribution is 0.107. The molecule has 3 saturated heterocycles. The molecule has 248 valence electrons. The zero-order valence-electron chi connectivity index (χ0n) is 25.7. The summed E-state index contributed by atoms with van der Waals surface area (Å²) >= 11 is 0.990. The second-order valence-corrected chi connectivity index (χ2v) is 13.9. The molecule has 0 aliphatic carbocycles. The Labute approximate surface area is 276 Å². The first kappa shape index (κ1) is 29.7. The van der Waals surface area contributed by atoms with E-state index >= 15 is 4.39 Å². The Balaban J connectivity index is 1.24. The number of hydrogen-bond donors (Lipinski definition) is 2. The summed E-state index contributed by atoms with van der Waals surface area (Å²) in [6.07, 6.45) is 2.31. The van der Waals surface area contributed by atoms with Crippen molar-refractivity contribution in [2.75, 3.05) is 49.3 Å². The fourth-order valence-electron chi connectivity index (χ4n) is 7.83. The molecule has 0 spiro atoms. The summed E-state index contributed by atoms with van der Waals surface area (Å²) < 4.78 is 65.5. The summed E-state index contributed by atoms with van der Waals surface area (Å²) in [6, 6.07) is 7.63. The minimum Gasteiger partial charge on any atom is -0.485 e. The quantitative estimate of drug-likeness (QED) is 0.255. The lowest BCUT2D eigenvalue weighted by Crippen LogP contribution is -2.45. The van der Waals surface area contributed by atoms with Gasteiger partial charge in [0.25, 0.3) is 0 Å². The van der Waals surface area contributed by atoms with Crippen LogP contribution < -0.4 is 25.8 Å². The largest absolute Gasteiger partial charge is 0.485 e. The van der Waals surface area contributed by atoms with Gasteiger partial charge in [0.15, 0.2) is 10.9 Å². The maximum absolute atomic E-state index is 17.1. The summed E-state index contributed by atoms with van der Waals surface area (Å²) in [6.45, 7) is 2.20. The molecule has 3 fully saturated rings. The first-order valence-corrected chi connectivity index (χ1v) is 16.7. The molecule has 9 rings (SSSR count). The summed E-state index contributed by atoms with van der Waals surface area (Å²) in [5.74, 6) is -0.110. The van der Waals surface area contributed by atoms with Gasteiger partial charge in [-0.25, -0.2) is 23.1 Å². The van der Waals surface area contributed by atoms with Gasteiger partial charge in [-0.05, 0) is 43.7 Å². The highest BCUT2D eigenvalue weighted by atomic mass is 32.1. The molecule has 11 nitrogen and oxygen atoms in total. The normalized spacial score (nSPS) is 25.0. The fraction of sp³-hybridized carbons (Fsp3) is 0.394. The number of nitrogens with two attached hydrogens (primary N) is 2. The Kier molecular flexibility index (Phi) is 6.82. The molecule has 4 aliphatic rings. The molecule has 0 saturated carbocycles. The number of hydrogen-bond acceptors (Lipinski definition) is 12. The van der Waals surface area contributed by atoms with Crippen molar-refractivity contribution in [2.45, 2.75) is 49.7 Å². The van der Waals surface area contributed by atoms with Gasteiger partial charge >= 0.3 is 6.01 Å². The number of anilines is 3. The highest BCUT2D eigenvalue weighted by Gasteiger charge is 2.49. The number of halogens is 3. The van der Waals surface area contributed by atoms with Gasteiger partial charge in [-0.15, -0.1) is 0 Å². The van der Waals surface area contributed by atoms with Crippen LogP contribution in [-0.4, -0.2) is 81.6 Å². The summed E-state index contributed by atoms with van der Waals surface area (Å²) in [7, 11) is 0. The Bertz CT molecular complexity index is 2100. The monoisotopic (exact) mass is 676 g/mol. The van der Waals surface area contributed by atoms with Gasteiger partial charge in [-0.2, -0.15) is 9.97 Å². The van der Waals surface area contributed by atoms with Gasteiger partial charge in [-0.1, -0.05) is 17.4 Å². The van der Waals surface area contributed by atoms with E-state index in [9.17, 15) is 8.78 Å². The number of ether oxygens (including phenoxy) is 3. The van der Waals surface area contributed by atoms with E-state index in [0.29, 0.717) is 47.9 Å². The zero-order chi connectivity index (χ0) is 32.7. The van der Waals surface area contributed by atoms with E-state index in [1.807, 2.05) is 11.0 Å². The van der Waals surface area contributed by atoms with Crippen LogP contribution in [0.1, 0.15) is 24.8 Å². The van der Waals surface area contributed by atoms with Crippen LogP contribution >= 0.6 is 11.3 Å². The molecule has 0 unspecified atom stereocenters. The number of nitrogens with zero attached hydrogens (tertiary/aromatic N) is 6. The molecular formula is C33H31F3N8O3S. The number of pyridine rings is 1. The standard InChI is InChI=1S/C33H31F3N8O3S/c34-17-10-33(6-2-8-43(33)12-17)15-46-32-41-27-24-22(9-19(25(27)36)18-4-5-20(35)28-26(18)40-31(38)48-28)47-23-14-45-13-21(23)44(30(24)42-32)11-16-3-1-7-39-29(16)37/h1,3-5,7,9,17,21,23H,2,6,8,10-15H2,(H2,37,39)(H2,38,40)/t17-,21-,23+,33+/m1/s1. The Hall–Kier alpha value is -4.47. The average Bonchev–Trinajstić information content (AvgIpc) is 3.83. The van der Waals surface area contributed by atoms with E-state index in [2.05, 4.69) is 19.9 Å². The van der Waals surface area contributed by atoms with Gasteiger partial charge in [-0.3, -0.25) is 4.90 Å². The molecule has 4 atom stereocenters. The minimum atomic E-state index is -0.942. The van der Waals surface area contributed by atoms with Crippen molar-refractivity contribution >= 4 is 49.2 Å². The summed E-state index contributed by atoms with van der Waals surface area (Å²) in [4.78, 5) is 22.3. The summed E-state index contributed by atoms with van der Waals surface area (Å²) in [5, 5.41) is 0.508. The first-order chi connectivity index (χ1) is 23.3. The molecular weight excluding hydrogens is 645 g/mol. The van der Waals surface area contributed by atoms with Crippen LogP contribution in [0.25, 0.3) is 32.2 Å².